The number of rotatable bonds is 0. The normalized spacial score (nSPS) is 25.1. The van der Waals surface area contributed by atoms with Gasteiger partial charge in [0, 0.05) is 23.5 Å². The van der Waals surface area contributed by atoms with E-state index in [-0.39, 0.29) is 9.68 Å². The lowest BCUT2D eigenvalue weighted by Crippen LogP contribution is -2.40. The Labute approximate surface area is 105 Å². The lowest BCUT2D eigenvalue weighted by Gasteiger charge is -2.43. The van der Waals surface area contributed by atoms with E-state index in [0.29, 0.717) is 0 Å². The molecule has 0 amide bonds. The van der Waals surface area contributed by atoms with E-state index in [1.165, 1.54) is 17.1 Å². The fourth-order valence-electron chi connectivity index (χ4n) is 2.57. The summed E-state index contributed by atoms with van der Waals surface area (Å²) < 4.78 is 6.33. The fourth-order valence-corrected chi connectivity index (χ4v) is 6.28. The van der Waals surface area contributed by atoms with Crippen LogP contribution in [0.5, 0.6) is 5.75 Å². The Morgan fingerprint density at radius 2 is 1.81 bits per heavy atom. The highest BCUT2D eigenvalue weighted by Crippen LogP contribution is 2.60. The Kier molecular flexibility index (Phi) is 2.44. The second kappa shape index (κ2) is 3.61. The number of ether oxygens (including phenoxy) is 1. The number of hydrogen-bond acceptors (Lipinski definition) is 3. The lowest BCUT2D eigenvalue weighted by atomic mass is 9.93. The summed E-state index contributed by atoms with van der Waals surface area (Å²) in [6.45, 7) is 4.40. The zero-order chi connectivity index (χ0) is 11.2. The summed E-state index contributed by atoms with van der Waals surface area (Å²) in [6.07, 6.45) is 1.10. The zero-order valence-corrected chi connectivity index (χ0v) is 11.3. The summed E-state index contributed by atoms with van der Waals surface area (Å²) in [5.74, 6) is 3.60. The number of hydrogen-bond donors (Lipinski definition) is 0. The Balaban J connectivity index is 2.12. The van der Waals surface area contributed by atoms with E-state index in [1.54, 1.807) is 0 Å². The maximum absolute atomic E-state index is 6.08. The maximum atomic E-state index is 6.08. The second-order valence-electron chi connectivity index (χ2n) is 4.98. The molecule has 0 aliphatic carbocycles. The van der Waals surface area contributed by atoms with Crippen molar-refractivity contribution in [1.82, 2.24) is 0 Å². The molecule has 3 heteroatoms. The predicted molar refractivity (Wildman–Crippen MR) is 72.4 cm³/mol. The van der Waals surface area contributed by atoms with Gasteiger partial charge in [0.15, 0.2) is 0 Å². The quantitative estimate of drug-likeness (QED) is 0.693. The fraction of sp³-hybridized carbons (Fsp3) is 0.538. The molecule has 1 aromatic rings. The summed E-state index contributed by atoms with van der Waals surface area (Å²) in [4.78, 5) is 0. The molecule has 86 valence electrons. The highest BCUT2D eigenvalue weighted by molar-refractivity contribution is 8.20. The van der Waals surface area contributed by atoms with Gasteiger partial charge in [-0.15, -0.1) is 23.5 Å². The molecule has 0 bridgehead atoms. The molecule has 3 rings (SSSR count). The second-order valence-corrected chi connectivity index (χ2v) is 8.03. The van der Waals surface area contributed by atoms with Crippen LogP contribution in [0.3, 0.4) is 0 Å². The molecular formula is C13H16OS2. The molecule has 1 aromatic carbocycles. The summed E-state index contributed by atoms with van der Waals surface area (Å²) in [5, 5.41) is 0. The molecule has 2 heterocycles. The molecule has 1 nitrogen and oxygen atoms in total. The van der Waals surface area contributed by atoms with Crippen molar-refractivity contribution >= 4 is 23.5 Å². The molecule has 1 fully saturated rings. The Bertz CT molecular complexity index is 408. The van der Waals surface area contributed by atoms with Crippen LogP contribution < -0.4 is 4.74 Å². The van der Waals surface area contributed by atoms with Crippen molar-refractivity contribution in [3.63, 3.8) is 0 Å². The monoisotopic (exact) mass is 252 g/mol. The van der Waals surface area contributed by atoms with Crippen molar-refractivity contribution in [2.75, 3.05) is 11.5 Å². The van der Waals surface area contributed by atoms with Crippen molar-refractivity contribution in [2.45, 2.75) is 29.9 Å². The molecule has 1 spiro atoms. The van der Waals surface area contributed by atoms with Crippen molar-refractivity contribution in [3.05, 3.63) is 29.8 Å². The number of para-hydroxylation sites is 1. The summed E-state index contributed by atoms with van der Waals surface area (Å²) >= 11 is 4.19. The number of fused-ring (bicyclic) bond motifs is 2. The van der Waals surface area contributed by atoms with E-state index < -0.39 is 0 Å². The molecule has 0 saturated carbocycles. The van der Waals surface area contributed by atoms with Gasteiger partial charge in [-0.25, -0.2) is 0 Å². The predicted octanol–water partition coefficient (Wildman–Crippen LogP) is 3.88. The van der Waals surface area contributed by atoms with Crippen molar-refractivity contribution < 1.29 is 4.74 Å². The average molecular weight is 252 g/mol. The zero-order valence-electron chi connectivity index (χ0n) is 9.66. The third-order valence-electron chi connectivity index (χ3n) is 3.10. The first-order chi connectivity index (χ1) is 7.61. The molecule has 16 heavy (non-hydrogen) atoms. The third kappa shape index (κ3) is 1.65. The molecule has 1 saturated heterocycles. The first-order valence-corrected chi connectivity index (χ1v) is 7.65. The van der Waals surface area contributed by atoms with Gasteiger partial charge >= 0.3 is 0 Å². The van der Waals surface area contributed by atoms with Crippen molar-refractivity contribution in [2.24, 2.45) is 0 Å². The van der Waals surface area contributed by atoms with Crippen molar-refractivity contribution in [3.8, 4) is 5.75 Å². The van der Waals surface area contributed by atoms with E-state index in [4.69, 9.17) is 4.74 Å². The first kappa shape index (κ1) is 10.8. The minimum Gasteiger partial charge on any atom is -0.487 e. The van der Waals surface area contributed by atoms with Crippen LogP contribution in [0.15, 0.2) is 24.3 Å². The topological polar surface area (TPSA) is 9.23 Å². The van der Waals surface area contributed by atoms with Gasteiger partial charge in [-0.2, -0.15) is 0 Å². The number of thioether (sulfide) groups is 2. The van der Waals surface area contributed by atoms with E-state index in [2.05, 4.69) is 61.6 Å². The van der Waals surface area contributed by atoms with Crippen LogP contribution in [0.4, 0.5) is 0 Å². The van der Waals surface area contributed by atoms with E-state index in [1.807, 2.05) is 0 Å². The van der Waals surface area contributed by atoms with Gasteiger partial charge in [0.2, 0.25) is 0 Å². The van der Waals surface area contributed by atoms with Gasteiger partial charge in [0.05, 0.1) is 4.08 Å². The summed E-state index contributed by atoms with van der Waals surface area (Å²) in [6, 6.07) is 8.53. The molecular weight excluding hydrogens is 236 g/mol. The van der Waals surface area contributed by atoms with Crippen LogP contribution in [0, 0.1) is 0 Å². The Morgan fingerprint density at radius 1 is 1.12 bits per heavy atom. The lowest BCUT2D eigenvalue weighted by molar-refractivity contribution is 0.0792. The SMILES string of the molecule is CC1(C)CC2(SCCS2)c2ccccc2O1. The van der Waals surface area contributed by atoms with Gasteiger partial charge < -0.3 is 4.74 Å². The minimum absolute atomic E-state index is 0.0430. The summed E-state index contributed by atoms with van der Waals surface area (Å²) in [7, 11) is 0. The smallest absolute Gasteiger partial charge is 0.125 e. The number of benzene rings is 1. The minimum atomic E-state index is -0.0430. The first-order valence-electron chi connectivity index (χ1n) is 5.68. The molecule has 0 radical (unpaired) electrons. The van der Waals surface area contributed by atoms with Gasteiger partial charge in [-0.1, -0.05) is 18.2 Å². The molecule has 0 atom stereocenters. The van der Waals surface area contributed by atoms with Crippen LogP contribution in [0.25, 0.3) is 0 Å². The molecule has 2 aliphatic rings. The molecule has 2 aliphatic heterocycles. The molecule has 0 unspecified atom stereocenters. The standard InChI is InChI=1S/C13H16OS2/c1-12(2)9-13(15-7-8-16-13)10-5-3-4-6-11(10)14-12/h3-6H,7-9H2,1-2H3. The van der Waals surface area contributed by atoms with Gasteiger partial charge in [-0.05, 0) is 19.9 Å². The third-order valence-corrected chi connectivity index (χ3v) is 6.54. The van der Waals surface area contributed by atoms with Crippen LogP contribution in [-0.2, 0) is 4.08 Å². The average Bonchev–Trinajstić information content (AvgIpc) is 2.65. The van der Waals surface area contributed by atoms with Crippen LogP contribution in [0.2, 0.25) is 0 Å². The molecule has 0 N–H and O–H groups in total. The van der Waals surface area contributed by atoms with Crippen molar-refractivity contribution in [1.29, 1.82) is 0 Å². The van der Waals surface area contributed by atoms with Crippen LogP contribution in [0.1, 0.15) is 25.8 Å². The molecule has 0 aromatic heterocycles. The van der Waals surface area contributed by atoms with Crippen LogP contribution >= 0.6 is 23.5 Å². The largest absolute Gasteiger partial charge is 0.487 e. The van der Waals surface area contributed by atoms with E-state index >= 15 is 0 Å². The maximum Gasteiger partial charge on any atom is 0.125 e. The Morgan fingerprint density at radius 3 is 2.56 bits per heavy atom. The van der Waals surface area contributed by atoms with Gasteiger partial charge in [0.25, 0.3) is 0 Å². The highest BCUT2D eigenvalue weighted by Gasteiger charge is 2.47. The van der Waals surface area contributed by atoms with E-state index in [0.717, 1.165) is 12.2 Å². The highest BCUT2D eigenvalue weighted by atomic mass is 32.2. The summed E-state index contributed by atoms with van der Waals surface area (Å²) in [5.41, 5.74) is 1.35. The van der Waals surface area contributed by atoms with Gasteiger partial charge in [-0.3, -0.25) is 0 Å². The Hall–Kier alpha value is -0.280. The van der Waals surface area contributed by atoms with Crippen LogP contribution in [-0.4, -0.2) is 17.1 Å². The van der Waals surface area contributed by atoms with E-state index in [9.17, 15) is 0 Å². The van der Waals surface area contributed by atoms with Gasteiger partial charge in [0.1, 0.15) is 11.4 Å².